The highest BCUT2D eigenvalue weighted by molar-refractivity contribution is 7.99. The minimum atomic E-state index is -0.341. The maximum absolute atomic E-state index is 10.4. The van der Waals surface area contributed by atoms with E-state index in [9.17, 15) is 5.11 Å². The summed E-state index contributed by atoms with van der Waals surface area (Å²) in [6, 6.07) is 14.6. The molecule has 1 saturated carbocycles. The molecular weight excluding hydrogens is 264 g/mol. The van der Waals surface area contributed by atoms with Crippen molar-refractivity contribution in [3.63, 3.8) is 0 Å². The van der Waals surface area contributed by atoms with Crippen LogP contribution in [0.3, 0.4) is 0 Å². The van der Waals surface area contributed by atoms with Gasteiger partial charge in [0.15, 0.2) is 0 Å². The van der Waals surface area contributed by atoms with Crippen LogP contribution in [-0.2, 0) is 0 Å². The van der Waals surface area contributed by atoms with Crippen molar-refractivity contribution in [2.24, 2.45) is 0 Å². The van der Waals surface area contributed by atoms with Gasteiger partial charge < -0.3 is 5.11 Å². The molecule has 1 aliphatic rings. The molecule has 2 aromatic rings. The van der Waals surface area contributed by atoms with E-state index in [-0.39, 0.29) is 6.10 Å². The van der Waals surface area contributed by atoms with Crippen molar-refractivity contribution in [2.75, 3.05) is 5.75 Å². The van der Waals surface area contributed by atoms with Gasteiger partial charge in [0, 0.05) is 11.0 Å². The fourth-order valence-electron chi connectivity index (χ4n) is 2.97. The molecule has 0 heterocycles. The normalized spacial score (nSPS) is 18.2. The lowest BCUT2D eigenvalue weighted by atomic mass is 10.0. The fraction of sp³-hybridized carbons (Fsp3) is 0.444. The topological polar surface area (TPSA) is 20.2 Å². The number of hydrogen-bond donors (Lipinski definition) is 1. The first kappa shape index (κ1) is 14.0. The molecule has 0 aromatic heterocycles. The van der Waals surface area contributed by atoms with Gasteiger partial charge in [-0.25, -0.2) is 0 Å². The summed E-state index contributed by atoms with van der Waals surface area (Å²) in [4.78, 5) is 0. The Morgan fingerprint density at radius 1 is 1.00 bits per heavy atom. The van der Waals surface area contributed by atoms with Gasteiger partial charge >= 0.3 is 0 Å². The maximum atomic E-state index is 10.4. The van der Waals surface area contributed by atoms with Crippen LogP contribution in [0.4, 0.5) is 0 Å². The quantitative estimate of drug-likeness (QED) is 0.859. The summed E-state index contributed by atoms with van der Waals surface area (Å²) in [5.74, 6) is 0.822. The summed E-state index contributed by atoms with van der Waals surface area (Å²) in [7, 11) is 0. The molecule has 106 valence electrons. The zero-order chi connectivity index (χ0) is 13.8. The van der Waals surface area contributed by atoms with E-state index in [0.717, 1.165) is 16.6 Å². The Morgan fingerprint density at radius 2 is 1.75 bits per heavy atom. The Morgan fingerprint density at radius 3 is 2.55 bits per heavy atom. The number of aliphatic hydroxyl groups excluding tert-OH is 1. The minimum absolute atomic E-state index is 0.341. The van der Waals surface area contributed by atoms with E-state index < -0.39 is 0 Å². The van der Waals surface area contributed by atoms with Crippen molar-refractivity contribution >= 4 is 22.5 Å². The fourth-order valence-corrected chi connectivity index (χ4v) is 4.28. The standard InChI is InChI=1S/C18H22OS/c19-18(13-20-17-8-2-1-3-9-17)16-11-10-14-6-4-5-7-15(14)12-16/h4-7,10-12,17-19H,1-3,8-9,13H2. The summed E-state index contributed by atoms with van der Waals surface area (Å²) in [6.45, 7) is 0. The molecule has 1 N–H and O–H groups in total. The van der Waals surface area contributed by atoms with Crippen LogP contribution in [0.2, 0.25) is 0 Å². The second kappa shape index (κ2) is 6.64. The van der Waals surface area contributed by atoms with Gasteiger partial charge in [0.25, 0.3) is 0 Å². The molecule has 2 aromatic carbocycles. The van der Waals surface area contributed by atoms with Gasteiger partial charge in [-0.2, -0.15) is 11.8 Å². The van der Waals surface area contributed by atoms with Crippen molar-refractivity contribution in [3.8, 4) is 0 Å². The molecule has 2 heteroatoms. The summed E-state index contributed by atoms with van der Waals surface area (Å²) >= 11 is 1.96. The lowest BCUT2D eigenvalue weighted by Crippen LogP contribution is -2.11. The highest BCUT2D eigenvalue weighted by Gasteiger charge is 2.16. The number of rotatable bonds is 4. The molecule has 0 saturated heterocycles. The molecule has 0 bridgehead atoms. The molecule has 20 heavy (non-hydrogen) atoms. The second-order valence-corrected chi connectivity index (χ2v) is 7.05. The van der Waals surface area contributed by atoms with E-state index in [4.69, 9.17) is 0 Å². The smallest absolute Gasteiger partial charge is 0.0880 e. The Hall–Kier alpha value is -0.990. The third-order valence-corrected chi connectivity index (χ3v) is 5.65. The highest BCUT2D eigenvalue weighted by Crippen LogP contribution is 2.31. The summed E-state index contributed by atoms with van der Waals surface area (Å²) in [5.41, 5.74) is 1.05. The van der Waals surface area contributed by atoms with E-state index in [1.807, 2.05) is 11.8 Å². The number of fused-ring (bicyclic) bond motifs is 1. The molecule has 0 amide bonds. The average molecular weight is 286 g/mol. The van der Waals surface area contributed by atoms with E-state index in [1.165, 1.54) is 42.9 Å². The molecule has 0 spiro atoms. The number of benzene rings is 2. The molecule has 0 radical (unpaired) electrons. The first-order chi connectivity index (χ1) is 9.83. The van der Waals surface area contributed by atoms with Crippen LogP contribution in [0, 0.1) is 0 Å². The van der Waals surface area contributed by atoms with Crippen LogP contribution < -0.4 is 0 Å². The molecule has 1 fully saturated rings. The van der Waals surface area contributed by atoms with Crippen molar-refractivity contribution in [2.45, 2.75) is 43.5 Å². The number of hydrogen-bond acceptors (Lipinski definition) is 2. The van der Waals surface area contributed by atoms with Gasteiger partial charge in [-0.3, -0.25) is 0 Å². The van der Waals surface area contributed by atoms with Crippen molar-refractivity contribution in [3.05, 3.63) is 48.0 Å². The van der Waals surface area contributed by atoms with Crippen molar-refractivity contribution in [1.82, 2.24) is 0 Å². The maximum Gasteiger partial charge on any atom is 0.0880 e. The molecule has 1 atom stereocenters. The zero-order valence-corrected chi connectivity index (χ0v) is 12.6. The van der Waals surface area contributed by atoms with Gasteiger partial charge in [0.05, 0.1) is 6.10 Å². The van der Waals surface area contributed by atoms with Gasteiger partial charge in [-0.15, -0.1) is 0 Å². The zero-order valence-electron chi connectivity index (χ0n) is 11.8. The van der Waals surface area contributed by atoms with Crippen LogP contribution >= 0.6 is 11.8 Å². The van der Waals surface area contributed by atoms with Gasteiger partial charge in [0.1, 0.15) is 0 Å². The first-order valence-corrected chi connectivity index (χ1v) is 8.66. The van der Waals surface area contributed by atoms with Crippen LogP contribution in [0.25, 0.3) is 10.8 Å². The highest BCUT2D eigenvalue weighted by atomic mass is 32.2. The largest absolute Gasteiger partial charge is 0.388 e. The van der Waals surface area contributed by atoms with Crippen LogP contribution in [0.1, 0.15) is 43.8 Å². The Kier molecular flexibility index (Phi) is 4.64. The van der Waals surface area contributed by atoms with Gasteiger partial charge in [-0.05, 0) is 35.2 Å². The average Bonchev–Trinajstić information content (AvgIpc) is 2.53. The molecular formula is C18H22OS. The summed E-state index contributed by atoms with van der Waals surface area (Å²) < 4.78 is 0. The molecule has 3 rings (SSSR count). The lowest BCUT2D eigenvalue weighted by molar-refractivity contribution is 0.204. The summed E-state index contributed by atoms with van der Waals surface area (Å²) in [6.07, 6.45) is 6.44. The Labute approximate surface area is 125 Å². The monoisotopic (exact) mass is 286 g/mol. The van der Waals surface area contributed by atoms with Gasteiger partial charge in [0.2, 0.25) is 0 Å². The molecule has 1 aliphatic carbocycles. The first-order valence-electron chi connectivity index (χ1n) is 7.61. The van der Waals surface area contributed by atoms with Crippen LogP contribution in [-0.4, -0.2) is 16.1 Å². The number of aliphatic hydroxyl groups is 1. The van der Waals surface area contributed by atoms with E-state index >= 15 is 0 Å². The predicted octanol–water partition coefficient (Wildman–Crippen LogP) is 4.94. The minimum Gasteiger partial charge on any atom is -0.388 e. The molecule has 1 nitrogen and oxygen atoms in total. The van der Waals surface area contributed by atoms with Crippen LogP contribution in [0.5, 0.6) is 0 Å². The lowest BCUT2D eigenvalue weighted by Gasteiger charge is -2.22. The second-order valence-electron chi connectivity index (χ2n) is 5.72. The van der Waals surface area contributed by atoms with Crippen molar-refractivity contribution in [1.29, 1.82) is 0 Å². The van der Waals surface area contributed by atoms with Crippen LogP contribution in [0.15, 0.2) is 42.5 Å². The van der Waals surface area contributed by atoms with Gasteiger partial charge in [-0.1, -0.05) is 55.7 Å². The Bertz CT molecular complexity index is 560. The number of thioether (sulfide) groups is 1. The summed E-state index contributed by atoms with van der Waals surface area (Å²) in [5, 5.41) is 13.6. The molecule has 1 unspecified atom stereocenters. The predicted molar refractivity (Wildman–Crippen MR) is 88.2 cm³/mol. The van der Waals surface area contributed by atoms with E-state index in [1.54, 1.807) is 0 Å². The van der Waals surface area contributed by atoms with E-state index in [2.05, 4.69) is 42.5 Å². The Balaban J connectivity index is 1.64. The molecule has 0 aliphatic heterocycles. The van der Waals surface area contributed by atoms with E-state index in [0.29, 0.717) is 0 Å². The SMILES string of the molecule is OC(CSC1CCCCC1)c1ccc2ccccc2c1. The van der Waals surface area contributed by atoms with Crippen molar-refractivity contribution < 1.29 is 5.11 Å². The third kappa shape index (κ3) is 3.36. The third-order valence-electron chi connectivity index (χ3n) is 4.20.